The molecule has 12 nitrogen and oxygen atoms in total. The van der Waals surface area contributed by atoms with Gasteiger partial charge in [0.25, 0.3) is 0 Å². The molecule has 0 aromatic carbocycles. The van der Waals surface area contributed by atoms with Gasteiger partial charge in [-0.05, 0) is 0 Å². The number of carbonyl (C=O) groups excluding carboxylic acids is 4. The molecule has 4 unspecified atom stereocenters. The SMILES string of the molecule is O=C([O-])C(O)C(O)C(=O)[O-].O=C([O-])C(O)C(O)C(=O)[O-].[Bi+3].[HH].[HH].[HH].[HH].[HH].[HH].[K+]. The molecule has 0 saturated heterocycles. The Morgan fingerprint density at radius 2 is 0.682 bits per heavy atom. The van der Waals surface area contributed by atoms with Crippen molar-refractivity contribution in [1.82, 2.24) is 0 Å². The number of carboxylic acids is 4. The van der Waals surface area contributed by atoms with E-state index in [1.165, 1.54) is 0 Å². The van der Waals surface area contributed by atoms with Crippen molar-refractivity contribution in [3.8, 4) is 0 Å². The topological polar surface area (TPSA) is 241 Å². The quantitative estimate of drug-likeness (QED) is 0.223. The Kier molecular flexibility index (Phi) is 20.3. The first kappa shape index (κ1) is 30.2. The number of carbonyl (C=O) groups is 4. The molecule has 0 aliphatic rings. The number of aliphatic hydroxyl groups is 4. The van der Waals surface area contributed by atoms with E-state index in [0.717, 1.165) is 0 Å². The zero-order valence-corrected chi connectivity index (χ0v) is 17.4. The van der Waals surface area contributed by atoms with Crippen LogP contribution in [0.25, 0.3) is 0 Å². The Morgan fingerprint density at radius 1 is 0.591 bits per heavy atom. The van der Waals surface area contributed by atoms with E-state index >= 15 is 0 Å². The van der Waals surface area contributed by atoms with Crippen molar-refractivity contribution >= 4 is 50.1 Å². The van der Waals surface area contributed by atoms with E-state index in [4.69, 9.17) is 20.4 Å². The van der Waals surface area contributed by atoms with E-state index in [0.29, 0.717) is 0 Å². The summed E-state index contributed by atoms with van der Waals surface area (Å²) in [6, 6.07) is 0. The second-order valence-corrected chi connectivity index (χ2v) is 3.06. The van der Waals surface area contributed by atoms with Crippen LogP contribution in [-0.2, 0) is 19.2 Å². The summed E-state index contributed by atoms with van der Waals surface area (Å²) in [7, 11) is 0. The van der Waals surface area contributed by atoms with Crippen LogP contribution < -0.4 is 71.8 Å². The van der Waals surface area contributed by atoms with E-state index in [2.05, 4.69) is 0 Å². The van der Waals surface area contributed by atoms with Crippen LogP contribution in [0.5, 0.6) is 0 Å². The molecule has 14 heteroatoms. The van der Waals surface area contributed by atoms with Crippen LogP contribution >= 0.6 is 0 Å². The van der Waals surface area contributed by atoms with E-state index in [1.807, 2.05) is 0 Å². The molecule has 130 valence electrons. The van der Waals surface area contributed by atoms with Gasteiger partial charge in [0.15, 0.2) is 0 Å². The predicted octanol–water partition coefficient (Wildman–Crippen LogP) is -11.5. The standard InChI is InChI=1S/2C4H6O6.Bi.K.6H2/c2*5-1(3(7)8)2(6)4(9)10;;;;;;;;/h2*1-2,5-6H,(H,7,8)(H,9,10);;;6*1H/q;;+3;+1;;;;;;/p-4. The molecule has 0 saturated carbocycles. The fourth-order valence-corrected chi connectivity index (χ4v) is 0.516. The van der Waals surface area contributed by atoms with Crippen molar-refractivity contribution in [2.75, 3.05) is 0 Å². The van der Waals surface area contributed by atoms with Crippen LogP contribution in [0.15, 0.2) is 0 Å². The molecule has 0 fully saturated rings. The first-order valence-electron chi connectivity index (χ1n) is 4.49. The summed E-state index contributed by atoms with van der Waals surface area (Å²) in [6.07, 6.45) is -9.76. The normalized spacial score (nSPS) is 14.4. The second-order valence-electron chi connectivity index (χ2n) is 3.06. The van der Waals surface area contributed by atoms with Crippen molar-refractivity contribution in [3.63, 3.8) is 0 Å². The van der Waals surface area contributed by atoms with Crippen LogP contribution in [0, 0.1) is 0 Å². The molecule has 4 N–H and O–H groups in total. The van der Waals surface area contributed by atoms with Crippen molar-refractivity contribution in [2.24, 2.45) is 0 Å². The van der Waals surface area contributed by atoms with Crippen molar-refractivity contribution < 1.29 is 120 Å². The monoisotopic (exact) mass is 556 g/mol. The minimum Gasteiger partial charge on any atom is -0.547 e. The molecule has 0 aliphatic carbocycles. The number of rotatable bonds is 6. The van der Waals surface area contributed by atoms with Crippen LogP contribution in [0.2, 0.25) is 0 Å². The average molecular weight is 556 g/mol. The van der Waals surface area contributed by atoms with Crippen LogP contribution in [0.4, 0.5) is 0 Å². The number of hydrogen-bond acceptors (Lipinski definition) is 12. The predicted molar refractivity (Wildman–Crippen MR) is 62.5 cm³/mol. The maximum absolute atomic E-state index is 9.63. The Morgan fingerprint density at radius 3 is 0.727 bits per heavy atom. The van der Waals surface area contributed by atoms with Gasteiger partial charge in [0.2, 0.25) is 0 Å². The third-order valence-corrected chi connectivity index (χ3v) is 1.56. The summed E-state index contributed by atoms with van der Waals surface area (Å²) in [5.41, 5.74) is 0. The van der Waals surface area contributed by atoms with Crippen molar-refractivity contribution in [3.05, 3.63) is 0 Å². The molecule has 0 aromatic rings. The molecular weight excluding hydrogens is 536 g/mol. The van der Waals surface area contributed by atoms with Gasteiger partial charge in [-0.2, -0.15) is 0 Å². The third-order valence-electron chi connectivity index (χ3n) is 1.56. The third kappa shape index (κ3) is 12.8. The summed E-state index contributed by atoms with van der Waals surface area (Å²) in [5, 5.41) is 71.5. The summed E-state index contributed by atoms with van der Waals surface area (Å²) >= 11 is 0. The zero-order valence-electron chi connectivity index (χ0n) is 10.8. The van der Waals surface area contributed by atoms with Gasteiger partial charge >= 0.3 is 77.6 Å². The van der Waals surface area contributed by atoms with E-state index < -0.39 is 48.3 Å². The molecule has 0 spiro atoms. The molecule has 2 radical (unpaired) electrons. The fraction of sp³-hybridized carbons (Fsp3) is 0.500. The summed E-state index contributed by atoms with van der Waals surface area (Å²) in [4.78, 5) is 38.5. The molecule has 0 heterocycles. The number of hydrogen-bond donors (Lipinski definition) is 4. The van der Waals surface area contributed by atoms with Gasteiger partial charge in [-0.3, -0.25) is 0 Å². The average Bonchev–Trinajstić information content (AvgIpc) is 2.35. The minimum atomic E-state index is -2.44. The second kappa shape index (κ2) is 14.8. The first-order chi connectivity index (χ1) is 8.93. The molecule has 0 aromatic heterocycles. The van der Waals surface area contributed by atoms with E-state index in [-0.39, 0.29) is 86.1 Å². The van der Waals surface area contributed by atoms with Crippen LogP contribution in [0.3, 0.4) is 0 Å². The molecule has 0 aliphatic heterocycles. The molecular formula is C8H20BiKO12. The summed E-state index contributed by atoms with van der Waals surface area (Å²) < 4.78 is 0. The molecule has 0 bridgehead atoms. The summed E-state index contributed by atoms with van der Waals surface area (Å²) in [5.74, 6) is -8.23. The molecule has 4 atom stereocenters. The largest absolute Gasteiger partial charge is 3.00 e. The van der Waals surface area contributed by atoms with Gasteiger partial charge in [-0.25, -0.2) is 0 Å². The van der Waals surface area contributed by atoms with Gasteiger partial charge in [0, 0.05) is 8.56 Å². The Hall–Kier alpha value is 0.239. The Bertz CT molecular complexity index is 336. The smallest absolute Gasteiger partial charge is 0.547 e. The number of aliphatic carboxylic acids is 4. The van der Waals surface area contributed by atoms with Crippen molar-refractivity contribution in [1.29, 1.82) is 0 Å². The van der Waals surface area contributed by atoms with E-state index in [1.54, 1.807) is 0 Å². The van der Waals surface area contributed by atoms with Crippen LogP contribution in [-0.4, -0.2) is 94.9 Å². The van der Waals surface area contributed by atoms with Gasteiger partial charge < -0.3 is 60.0 Å². The zero-order chi connectivity index (χ0) is 16.6. The number of carboxylic acid groups (broad SMARTS) is 4. The van der Waals surface area contributed by atoms with Gasteiger partial charge in [-0.1, -0.05) is 0 Å². The van der Waals surface area contributed by atoms with E-state index in [9.17, 15) is 39.6 Å². The Balaban J connectivity index is -0.0000000225. The number of aliphatic hydroxyl groups excluding tert-OH is 4. The van der Waals surface area contributed by atoms with Gasteiger partial charge in [-0.15, -0.1) is 0 Å². The molecule has 0 amide bonds. The van der Waals surface area contributed by atoms with Gasteiger partial charge in [0.1, 0.15) is 24.4 Å². The fourth-order valence-electron chi connectivity index (χ4n) is 0.516. The van der Waals surface area contributed by atoms with Gasteiger partial charge in [0.05, 0.1) is 23.9 Å². The minimum absolute atomic E-state index is 0. The van der Waals surface area contributed by atoms with Crippen LogP contribution in [0.1, 0.15) is 8.56 Å². The Labute approximate surface area is 192 Å². The molecule has 22 heavy (non-hydrogen) atoms. The maximum atomic E-state index is 9.63. The summed E-state index contributed by atoms with van der Waals surface area (Å²) in [6.45, 7) is 0. The van der Waals surface area contributed by atoms with Crippen molar-refractivity contribution in [2.45, 2.75) is 24.4 Å². The maximum Gasteiger partial charge on any atom is 3.00 e. The molecule has 0 rings (SSSR count). The first-order valence-corrected chi connectivity index (χ1v) is 4.49.